The Hall–Kier alpha value is -1.89. The average molecular weight is 408 g/mol. The van der Waals surface area contributed by atoms with Crippen LogP contribution in [0.4, 0.5) is 0 Å². The van der Waals surface area contributed by atoms with Crippen LogP contribution in [0.15, 0.2) is 41.3 Å². The van der Waals surface area contributed by atoms with E-state index in [0.717, 1.165) is 29.5 Å². The zero-order chi connectivity index (χ0) is 19.6. The Balaban J connectivity index is 1.80. The van der Waals surface area contributed by atoms with E-state index in [9.17, 15) is 13.2 Å². The Bertz CT molecular complexity index is 955. The average Bonchev–Trinajstić information content (AvgIpc) is 2.61. The summed E-state index contributed by atoms with van der Waals surface area (Å²) in [5.41, 5.74) is 4.21. The summed E-state index contributed by atoms with van der Waals surface area (Å²) in [5.74, 6) is -0.839. The second-order valence-corrected chi connectivity index (χ2v) is 8.93. The van der Waals surface area contributed by atoms with E-state index in [2.05, 4.69) is 4.72 Å². The van der Waals surface area contributed by atoms with E-state index in [-0.39, 0.29) is 17.4 Å². The maximum Gasteiger partial charge on any atom is 0.307 e. The van der Waals surface area contributed by atoms with Crippen molar-refractivity contribution in [1.29, 1.82) is 0 Å². The van der Waals surface area contributed by atoms with Gasteiger partial charge in [-0.05, 0) is 72.2 Å². The number of rotatable bonds is 6. The Kier molecular flexibility index (Phi) is 5.89. The van der Waals surface area contributed by atoms with Crippen molar-refractivity contribution in [2.45, 2.75) is 50.0 Å². The van der Waals surface area contributed by atoms with Gasteiger partial charge in [0.2, 0.25) is 10.0 Å². The van der Waals surface area contributed by atoms with Crippen LogP contribution in [0.5, 0.6) is 0 Å². The van der Waals surface area contributed by atoms with E-state index >= 15 is 0 Å². The number of aliphatic carboxylic acids is 1. The zero-order valence-corrected chi connectivity index (χ0v) is 16.6. The monoisotopic (exact) mass is 407 g/mol. The fourth-order valence-electron chi connectivity index (χ4n) is 3.75. The molecule has 1 aliphatic rings. The smallest absolute Gasteiger partial charge is 0.307 e. The van der Waals surface area contributed by atoms with Gasteiger partial charge in [0, 0.05) is 11.1 Å². The van der Waals surface area contributed by atoms with Crippen LogP contribution in [0.2, 0.25) is 5.02 Å². The molecule has 0 heterocycles. The van der Waals surface area contributed by atoms with Gasteiger partial charge in [-0.3, -0.25) is 4.79 Å². The summed E-state index contributed by atoms with van der Waals surface area (Å²) in [6.45, 7) is 2.02. The summed E-state index contributed by atoms with van der Waals surface area (Å²) in [5, 5.41) is 9.59. The SMILES string of the molecule is CCc1c(CC(=O)O)ccc2c1CCC(NS(=O)(=O)c1ccc(Cl)cc1)C2. The van der Waals surface area contributed by atoms with Crippen molar-refractivity contribution in [1.82, 2.24) is 4.72 Å². The summed E-state index contributed by atoms with van der Waals surface area (Å²) in [4.78, 5) is 11.3. The van der Waals surface area contributed by atoms with Crippen LogP contribution < -0.4 is 4.72 Å². The van der Waals surface area contributed by atoms with Gasteiger partial charge < -0.3 is 5.11 Å². The summed E-state index contributed by atoms with van der Waals surface area (Å²) in [6, 6.07) is 9.72. The molecule has 0 saturated carbocycles. The van der Waals surface area contributed by atoms with E-state index in [1.165, 1.54) is 17.7 Å². The highest BCUT2D eigenvalue weighted by molar-refractivity contribution is 7.89. The molecule has 1 unspecified atom stereocenters. The molecule has 0 saturated heterocycles. The third-order valence-corrected chi connectivity index (χ3v) is 6.76. The second kappa shape index (κ2) is 8.00. The van der Waals surface area contributed by atoms with Gasteiger partial charge in [0.1, 0.15) is 0 Å². The molecular formula is C20H22ClNO4S. The molecule has 5 nitrogen and oxygen atoms in total. The number of carboxylic acids is 1. The number of halogens is 1. The fraction of sp³-hybridized carbons (Fsp3) is 0.350. The van der Waals surface area contributed by atoms with Gasteiger partial charge in [-0.25, -0.2) is 13.1 Å². The third kappa shape index (κ3) is 4.51. The number of carbonyl (C=O) groups is 1. The van der Waals surface area contributed by atoms with Crippen LogP contribution in [-0.4, -0.2) is 25.5 Å². The van der Waals surface area contributed by atoms with Crippen LogP contribution in [-0.2, 0) is 40.5 Å². The van der Waals surface area contributed by atoms with Gasteiger partial charge in [0.25, 0.3) is 0 Å². The summed E-state index contributed by atoms with van der Waals surface area (Å²) < 4.78 is 28.0. The third-order valence-electron chi connectivity index (χ3n) is 4.98. The lowest BCUT2D eigenvalue weighted by Crippen LogP contribution is -2.39. The van der Waals surface area contributed by atoms with Crippen molar-refractivity contribution >= 4 is 27.6 Å². The number of sulfonamides is 1. The topological polar surface area (TPSA) is 83.5 Å². The second-order valence-electron chi connectivity index (χ2n) is 6.78. The van der Waals surface area contributed by atoms with Gasteiger partial charge in [0.15, 0.2) is 0 Å². The molecule has 0 fully saturated rings. The van der Waals surface area contributed by atoms with Crippen LogP contribution in [0.1, 0.15) is 35.6 Å². The van der Waals surface area contributed by atoms with Crippen LogP contribution >= 0.6 is 11.6 Å². The van der Waals surface area contributed by atoms with E-state index in [4.69, 9.17) is 16.7 Å². The van der Waals surface area contributed by atoms with E-state index in [1.54, 1.807) is 12.1 Å². The van der Waals surface area contributed by atoms with Crippen LogP contribution in [0, 0.1) is 0 Å². The first-order valence-corrected chi connectivity index (χ1v) is 10.8. The molecule has 27 heavy (non-hydrogen) atoms. The Morgan fingerprint density at radius 3 is 2.56 bits per heavy atom. The highest BCUT2D eigenvalue weighted by atomic mass is 35.5. The van der Waals surface area contributed by atoms with Crippen molar-refractivity contribution in [3.8, 4) is 0 Å². The van der Waals surface area contributed by atoms with Gasteiger partial charge >= 0.3 is 5.97 Å². The number of benzene rings is 2. The van der Waals surface area contributed by atoms with E-state index in [0.29, 0.717) is 17.9 Å². The minimum atomic E-state index is -3.61. The molecule has 0 aliphatic heterocycles. The van der Waals surface area contributed by atoms with Crippen LogP contribution in [0.3, 0.4) is 0 Å². The first-order chi connectivity index (χ1) is 12.8. The molecule has 0 bridgehead atoms. The fourth-order valence-corrected chi connectivity index (χ4v) is 5.15. The number of carboxylic acid groups (broad SMARTS) is 1. The first kappa shape index (κ1) is 19.9. The van der Waals surface area contributed by atoms with Gasteiger partial charge in [-0.1, -0.05) is 30.7 Å². The largest absolute Gasteiger partial charge is 0.481 e. The number of hydrogen-bond donors (Lipinski definition) is 2. The summed E-state index contributed by atoms with van der Waals surface area (Å²) >= 11 is 5.83. The molecule has 2 N–H and O–H groups in total. The molecular weight excluding hydrogens is 386 g/mol. The molecule has 1 atom stereocenters. The van der Waals surface area contributed by atoms with Gasteiger partial charge in [-0.15, -0.1) is 0 Å². The molecule has 144 valence electrons. The van der Waals surface area contributed by atoms with E-state index < -0.39 is 16.0 Å². The van der Waals surface area contributed by atoms with Crippen molar-refractivity contribution in [3.05, 3.63) is 63.7 Å². The van der Waals surface area contributed by atoms with Crippen molar-refractivity contribution < 1.29 is 18.3 Å². The Morgan fingerprint density at radius 1 is 1.22 bits per heavy atom. The molecule has 2 aromatic rings. The lowest BCUT2D eigenvalue weighted by molar-refractivity contribution is -0.136. The number of nitrogens with one attached hydrogen (secondary N) is 1. The minimum absolute atomic E-state index is 0.0169. The van der Waals surface area contributed by atoms with Crippen LogP contribution in [0.25, 0.3) is 0 Å². The summed E-state index contributed by atoms with van der Waals surface area (Å²) in [7, 11) is -3.61. The van der Waals surface area contributed by atoms with Crippen molar-refractivity contribution in [2.24, 2.45) is 0 Å². The van der Waals surface area contributed by atoms with Crippen molar-refractivity contribution in [3.63, 3.8) is 0 Å². The normalized spacial score (nSPS) is 16.7. The van der Waals surface area contributed by atoms with Crippen molar-refractivity contribution in [2.75, 3.05) is 0 Å². The standard InChI is InChI=1S/C20H22ClNO4S/c1-2-18-14(12-20(23)24)4-3-13-11-16(7-10-19(13)18)22-27(25,26)17-8-5-15(21)6-9-17/h3-6,8-9,16,22H,2,7,10-12H2,1H3,(H,23,24). The first-order valence-electron chi connectivity index (χ1n) is 8.92. The molecule has 0 spiro atoms. The summed E-state index contributed by atoms with van der Waals surface area (Å²) in [6.07, 6.45) is 2.81. The molecule has 0 amide bonds. The molecule has 2 aromatic carbocycles. The van der Waals surface area contributed by atoms with Gasteiger partial charge in [0.05, 0.1) is 11.3 Å². The highest BCUT2D eigenvalue weighted by Crippen LogP contribution is 2.29. The maximum absolute atomic E-state index is 12.6. The molecule has 0 radical (unpaired) electrons. The number of fused-ring (bicyclic) bond motifs is 1. The lowest BCUT2D eigenvalue weighted by Gasteiger charge is -2.28. The molecule has 0 aromatic heterocycles. The predicted octanol–water partition coefficient (Wildman–Crippen LogP) is 3.37. The molecule has 1 aliphatic carbocycles. The zero-order valence-electron chi connectivity index (χ0n) is 15.0. The molecule has 7 heteroatoms. The quantitative estimate of drug-likeness (QED) is 0.769. The molecule has 3 rings (SSSR count). The van der Waals surface area contributed by atoms with Gasteiger partial charge in [-0.2, -0.15) is 0 Å². The lowest BCUT2D eigenvalue weighted by atomic mass is 9.82. The Labute approximate surface area is 164 Å². The maximum atomic E-state index is 12.6. The van der Waals surface area contributed by atoms with E-state index in [1.807, 2.05) is 19.1 Å². The highest BCUT2D eigenvalue weighted by Gasteiger charge is 2.26. The predicted molar refractivity (Wildman–Crippen MR) is 105 cm³/mol. The number of hydrogen-bond acceptors (Lipinski definition) is 3. The Morgan fingerprint density at radius 2 is 1.93 bits per heavy atom. The minimum Gasteiger partial charge on any atom is -0.481 e.